The highest BCUT2D eigenvalue weighted by Crippen LogP contribution is 2.25. The normalized spacial score (nSPS) is 18.8. The molecule has 1 N–H and O–H groups in total. The molecule has 1 unspecified atom stereocenters. The van der Waals surface area contributed by atoms with Crippen LogP contribution < -0.4 is 5.32 Å². The Morgan fingerprint density at radius 1 is 1.43 bits per heavy atom. The maximum absolute atomic E-state index is 12.5. The van der Waals surface area contributed by atoms with Crippen LogP contribution >= 0.6 is 22.9 Å². The predicted octanol–water partition coefficient (Wildman–Crippen LogP) is 2.90. The van der Waals surface area contributed by atoms with Crippen molar-refractivity contribution < 1.29 is 4.79 Å². The van der Waals surface area contributed by atoms with Crippen molar-refractivity contribution in [2.45, 2.75) is 13.0 Å². The first-order valence-electron chi connectivity index (χ1n) is 6.87. The topological polar surface area (TPSA) is 45.2 Å². The summed E-state index contributed by atoms with van der Waals surface area (Å²) in [6.45, 7) is 4.38. The van der Waals surface area contributed by atoms with E-state index in [2.05, 4.69) is 17.2 Å². The molecule has 0 bridgehead atoms. The van der Waals surface area contributed by atoms with Gasteiger partial charge in [0.25, 0.3) is 5.91 Å². The quantitative estimate of drug-likeness (QED) is 0.925. The summed E-state index contributed by atoms with van der Waals surface area (Å²) >= 11 is 7.37. The Balaban J connectivity index is 1.78. The van der Waals surface area contributed by atoms with Gasteiger partial charge in [0.05, 0.1) is 0 Å². The summed E-state index contributed by atoms with van der Waals surface area (Å²) in [6.07, 6.45) is 0. The van der Waals surface area contributed by atoms with E-state index >= 15 is 0 Å². The Labute approximate surface area is 132 Å². The number of thiazole rings is 1. The Morgan fingerprint density at radius 3 is 2.90 bits per heavy atom. The van der Waals surface area contributed by atoms with E-state index in [9.17, 15) is 4.79 Å². The van der Waals surface area contributed by atoms with Gasteiger partial charge >= 0.3 is 0 Å². The average Bonchev–Trinajstić information content (AvgIpc) is 2.97. The Kier molecular flexibility index (Phi) is 4.24. The highest BCUT2D eigenvalue weighted by molar-refractivity contribution is 7.13. The molecule has 2 aromatic rings. The summed E-state index contributed by atoms with van der Waals surface area (Å²) < 4.78 is 0. The van der Waals surface area contributed by atoms with Crippen molar-refractivity contribution in [3.05, 3.63) is 40.4 Å². The van der Waals surface area contributed by atoms with Crippen LogP contribution in [-0.2, 0) is 0 Å². The number of benzene rings is 1. The third kappa shape index (κ3) is 3.26. The van der Waals surface area contributed by atoms with E-state index in [1.165, 1.54) is 11.3 Å². The fourth-order valence-corrected chi connectivity index (χ4v) is 3.30. The van der Waals surface area contributed by atoms with Crippen LogP contribution in [0.2, 0.25) is 5.02 Å². The number of hydrogen-bond donors (Lipinski definition) is 1. The van der Waals surface area contributed by atoms with E-state index in [1.54, 1.807) is 0 Å². The average molecular weight is 322 g/mol. The molecule has 2 heterocycles. The second kappa shape index (κ2) is 6.13. The second-order valence-corrected chi connectivity index (χ2v) is 6.45. The van der Waals surface area contributed by atoms with Crippen molar-refractivity contribution in [3.8, 4) is 10.6 Å². The van der Waals surface area contributed by atoms with Gasteiger partial charge in [-0.05, 0) is 19.1 Å². The predicted molar refractivity (Wildman–Crippen MR) is 85.9 cm³/mol. The number of aromatic nitrogens is 1. The fourth-order valence-electron chi connectivity index (χ4n) is 2.38. The van der Waals surface area contributed by atoms with Crippen LogP contribution in [0.3, 0.4) is 0 Å². The molecule has 1 fully saturated rings. The van der Waals surface area contributed by atoms with Crippen molar-refractivity contribution in [2.24, 2.45) is 0 Å². The lowest BCUT2D eigenvalue weighted by atomic mass is 10.2. The van der Waals surface area contributed by atoms with Gasteiger partial charge in [0.15, 0.2) is 0 Å². The molecule has 0 radical (unpaired) electrons. The minimum atomic E-state index is 0.0137. The second-order valence-electron chi connectivity index (χ2n) is 5.15. The fraction of sp³-hybridized carbons (Fsp3) is 0.333. The van der Waals surface area contributed by atoms with Gasteiger partial charge in [0, 0.05) is 41.6 Å². The number of halogens is 1. The first-order chi connectivity index (χ1) is 10.1. The van der Waals surface area contributed by atoms with Crippen LogP contribution in [0.5, 0.6) is 0 Å². The largest absolute Gasteiger partial charge is 0.334 e. The summed E-state index contributed by atoms with van der Waals surface area (Å²) in [4.78, 5) is 18.8. The van der Waals surface area contributed by atoms with Crippen molar-refractivity contribution in [1.82, 2.24) is 15.2 Å². The SMILES string of the molecule is CC1CN(C(=O)c2csc(-c3ccc(Cl)cc3)n2)CCN1. The standard InChI is InChI=1S/C15H16ClN3OS/c1-10-8-19(7-6-17-10)15(20)13-9-21-14(18-13)11-2-4-12(16)5-3-11/h2-5,9-10,17H,6-8H2,1H3. The number of amides is 1. The van der Waals surface area contributed by atoms with Crippen LogP contribution in [0.15, 0.2) is 29.6 Å². The van der Waals surface area contributed by atoms with Crippen molar-refractivity contribution in [3.63, 3.8) is 0 Å². The summed E-state index contributed by atoms with van der Waals surface area (Å²) in [7, 11) is 0. The van der Waals surface area contributed by atoms with E-state index in [0.29, 0.717) is 16.8 Å². The maximum atomic E-state index is 12.5. The van der Waals surface area contributed by atoms with Crippen molar-refractivity contribution >= 4 is 28.8 Å². The number of rotatable bonds is 2. The summed E-state index contributed by atoms with van der Waals surface area (Å²) in [5.41, 5.74) is 1.51. The molecule has 0 saturated carbocycles. The van der Waals surface area contributed by atoms with Crippen LogP contribution in [-0.4, -0.2) is 41.5 Å². The molecule has 6 heteroatoms. The van der Waals surface area contributed by atoms with Crippen LogP contribution in [0.4, 0.5) is 0 Å². The molecule has 1 aromatic carbocycles. The summed E-state index contributed by atoms with van der Waals surface area (Å²) in [5, 5.41) is 6.70. The van der Waals surface area contributed by atoms with Gasteiger partial charge in [-0.15, -0.1) is 11.3 Å². The first kappa shape index (κ1) is 14.5. The van der Waals surface area contributed by atoms with Crippen molar-refractivity contribution in [2.75, 3.05) is 19.6 Å². The molecule has 3 rings (SSSR count). The zero-order chi connectivity index (χ0) is 14.8. The summed E-state index contributed by atoms with van der Waals surface area (Å²) in [6, 6.07) is 7.83. The lowest BCUT2D eigenvalue weighted by molar-refractivity contribution is 0.0704. The molecule has 0 spiro atoms. The molecule has 4 nitrogen and oxygen atoms in total. The lowest BCUT2D eigenvalue weighted by Gasteiger charge is -2.31. The number of nitrogens with one attached hydrogen (secondary N) is 1. The van der Waals surface area contributed by atoms with E-state index in [4.69, 9.17) is 11.6 Å². The van der Waals surface area contributed by atoms with Gasteiger partial charge in [-0.25, -0.2) is 4.98 Å². The molecule has 1 aliphatic heterocycles. The van der Waals surface area contributed by atoms with Crippen LogP contribution in [0, 0.1) is 0 Å². The van der Waals surface area contributed by atoms with Crippen LogP contribution in [0.25, 0.3) is 10.6 Å². The third-order valence-electron chi connectivity index (χ3n) is 3.47. The molecule has 0 aliphatic carbocycles. The number of carbonyl (C=O) groups is 1. The number of piperazine rings is 1. The molecule has 21 heavy (non-hydrogen) atoms. The molecule has 1 aliphatic rings. The minimum Gasteiger partial charge on any atom is -0.334 e. The minimum absolute atomic E-state index is 0.0137. The summed E-state index contributed by atoms with van der Waals surface area (Å²) in [5.74, 6) is 0.0137. The van der Waals surface area contributed by atoms with Gasteiger partial charge < -0.3 is 10.2 Å². The molecule has 1 saturated heterocycles. The van der Waals surface area contributed by atoms with Gasteiger partial charge in [-0.3, -0.25) is 4.79 Å². The molecular formula is C15H16ClN3OS. The Morgan fingerprint density at radius 2 is 2.19 bits per heavy atom. The smallest absolute Gasteiger partial charge is 0.273 e. The molecular weight excluding hydrogens is 306 g/mol. The highest BCUT2D eigenvalue weighted by Gasteiger charge is 2.23. The highest BCUT2D eigenvalue weighted by atomic mass is 35.5. The molecule has 1 amide bonds. The van der Waals surface area contributed by atoms with Gasteiger partial charge in [0.2, 0.25) is 0 Å². The zero-order valence-corrected chi connectivity index (χ0v) is 13.2. The number of hydrogen-bond acceptors (Lipinski definition) is 4. The zero-order valence-electron chi connectivity index (χ0n) is 11.7. The van der Waals surface area contributed by atoms with E-state index in [-0.39, 0.29) is 5.91 Å². The van der Waals surface area contributed by atoms with Gasteiger partial charge in [0.1, 0.15) is 10.7 Å². The van der Waals surface area contributed by atoms with Gasteiger partial charge in [-0.2, -0.15) is 0 Å². The number of nitrogens with zero attached hydrogens (tertiary/aromatic N) is 2. The number of carbonyl (C=O) groups excluding carboxylic acids is 1. The van der Waals surface area contributed by atoms with Crippen molar-refractivity contribution in [1.29, 1.82) is 0 Å². The molecule has 110 valence electrons. The monoisotopic (exact) mass is 321 g/mol. The Hall–Kier alpha value is -1.43. The van der Waals surface area contributed by atoms with E-state index < -0.39 is 0 Å². The first-order valence-corrected chi connectivity index (χ1v) is 8.13. The third-order valence-corrected chi connectivity index (χ3v) is 4.61. The maximum Gasteiger partial charge on any atom is 0.273 e. The Bertz CT molecular complexity index is 641. The lowest BCUT2D eigenvalue weighted by Crippen LogP contribution is -2.51. The molecule has 1 atom stereocenters. The van der Waals surface area contributed by atoms with Gasteiger partial charge in [-0.1, -0.05) is 23.7 Å². The van der Waals surface area contributed by atoms with E-state index in [0.717, 1.165) is 30.2 Å². The van der Waals surface area contributed by atoms with E-state index in [1.807, 2.05) is 34.5 Å². The van der Waals surface area contributed by atoms with Crippen LogP contribution in [0.1, 0.15) is 17.4 Å². The molecule has 1 aromatic heterocycles.